The van der Waals surface area contributed by atoms with Crippen molar-refractivity contribution < 1.29 is 14.3 Å². The van der Waals surface area contributed by atoms with Crippen molar-refractivity contribution in [3.63, 3.8) is 0 Å². The zero-order valence-corrected chi connectivity index (χ0v) is 11.9. The molecule has 5 nitrogen and oxygen atoms in total. The van der Waals surface area contributed by atoms with Crippen LogP contribution < -0.4 is 5.32 Å². The third-order valence-electron chi connectivity index (χ3n) is 3.51. The first-order chi connectivity index (χ1) is 10.0. The molecule has 1 aromatic rings. The largest absolute Gasteiger partial charge is 0.468 e. The van der Waals surface area contributed by atoms with E-state index in [9.17, 15) is 9.59 Å². The van der Waals surface area contributed by atoms with Gasteiger partial charge >= 0.3 is 5.97 Å². The van der Waals surface area contributed by atoms with Crippen LogP contribution in [0.5, 0.6) is 0 Å². The molecule has 1 aromatic carbocycles. The second-order valence-corrected chi connectivity index (χ2v) is 5.07. The summed E-state index contributed by atoms with van der Waals surface area (Å²) in [5, 5.41) is 11.9. The fourth-order valence-electron chi connectivity index (χ4n) is 2.44. The molecule has 0 saturated heterocycles. The molecule has 1 aliphatic carbocycles. The smallest absolute Gasteiger partial charge is 0.316 e. The Morgan fingerprint density at radius 2 is 2.05 bits per heavy atom. The van der Waals surface area contributed by atoms with Crippen LogP contribution in [-0.2, 0) is 14.3 Å². The van der Waals surface area contributed by atoms with Crippen LogP contribution in [0.3, 0.4) is 0 Å². The SMILES string of the molecule is COC(=O)C1C(=O)C=C(Nc2ccc(C#N)cc2)CC1C. The second kappa shape index (κ2) is 6.23. The third-order valence-corrected chi connectivity index (χ3v) is 3.51. The van der Waals surface area contributed by atoms with Crippen molar-refractivity contribution in [1.82, 2.24) is 0 Å². The summed E-state index contributed by atoms with van der Waals surface area (Å²) < 4.78 is 4.67. The number of rotatable bonds is 3. The molecule has 5 heteroatoms. The van der Waals surface area contributed by atoms with Gasteiger partial charge in [0.25, 0.3) is 0 Å². The zero-order valence-electron chi connectivity index (χ0n) is 11.9. The first-order valence-corrected chi connectivity index (χ1v) is 6.64. The van der Waals surface area contributed by atoms with E-state index in [1.165, 1.54) is 13.2 Å². The molecule has 2 unspecified atom stereocenters. The van der Waals surface area contributed by atoms with Crippen molar-refractivity contribution >= 4 is 17.4 Å². The molecule has 0 bridgehead atoms. The number of nitriles is 1. The van der Waals surface area contributed by atoms with Gasteiger partial charge in [-0.2, -0.15) is 5.26 Å². The molecular formula is C16H16N2O3. The summed E-state index contributed by atoms with van der Waals surface area (Å²) in [6.45, 7) is 1.85. The summed E-state index contributed by atoms with van der Waals surface area (Å²) in [4.78, 5) is 23.6. The fourth-order valence-corrected chi connectivity index (χ4v) is 2.44. The van der Waals surface area contributed by atoms with Crippen LogP contribution in [0.25, 0.3) is 0 Å². The average molecular weight is 284 g/mol. The van der Waals surface area contributed by atoms with E-state index in [2.05, 4.69) is 10.1 Å². The number of esters is 1. The van der Waals surface area contributed by atoms with Gasteiger partial charge in [-0.1, -0.05) is 6.92 Å². The quantitative estimate of drug-likeness (QED) is 0.680. The van der Waals surface area contributed by atoms with Crippen LogP contribution in [0, 0.1) is 23.2 Å². The Labute approximate surface area is 123 Å². The maximum Gasteiger partial charge on any atom is 0.316 e. The number of methoxy groups -OCH3 is 1. The highest BCUT2D eigenvalue weighted by atomic mass is 16.5. The van der Waals surface area contributed by atoms with Gasteiger partial charge in [-0.05, 0) is 36.6 Å². The minimum absolute atomic E-state index is 0.115. The normalized spacial score (nSPS) is 21.2. The molecule has 2 rings (SSSR count). The molecule has 1 N–H and O–H groups in total. The van der Waals surface area contributed by atoms with Gasteiger partial charge in [0.2, 0.25) is 0 Å². The highest BCUT2D eigenvalue weighted by Gasteiger charge is 2.35. The van der Waals surface area contributed by atoms with E-state index in [1.807, 2.05) is 13.0 Å². The Balaban J connectivity index is 2.13. The number of nitrogens with one attached hydrogen (secondary N) is 1. The summed E-state index contributed by atoms with van der Waals surface area (Å²) in [5.74, 6) is -1.56. The molecule has 2 atom stereocenters. The minimum atomic E-state index is -0.721. The predicted octanol–water partition coefficient (Wildman–Crippen LogP) is 2.25. The molecule has 0 spiro atoms. The second-order valence-electron chi connectivity index (χ2n) is 5.07. The first-order valence-electron chi connectivity index (χ1n) is 6.64. The molecule has 0 amide bonds. The Bertz CT molecular complexity index is 626. The van der Waals surface area contributed by atoms with Gasteiger partial charge in [0.05, 0.1) is 18.7 Å². The summed E-state index contributed by atoms with van der Waals surface area (Å²) in [6, 6.07) is 9.01. The molecule has 1 aliphatic rings. The van der Waals surface area contributed by atoms with Crippen LogP contribution in [0.4, 0.5) is 5.69 Å². The van der Waals surface area contributed by atoms with Crippen molar-refractivity contribution in [2.75, 3.05) is 12.4 Å². The van der Waals surface area contributed by atoms with Gasteiger partial charge in [0, 0.05) is 17.5 Å². The summed E-state index contributed by atoms with van der Waals surface area (Å²) in [6.07, 6.45) is 2.05. The minimum Gasteiger partial charge on any atom is -0.468 e. The molecule has 0 radical (unpaired) electrons. The van der Waals surface area contributed by atoms with E-state index >= 15 is 0 Å². The summed E-state index contributed by atoms with van der Waals surface area (Å²) in [5.41, 5.74) is 2.14. The van der Waals surface area contributed by atoms with Crippen LogP contribution in [0.15, 0.2) is 36.0 Å². The lowest BCUT2D eigenvalue weighted by molar-refractivity contribution is -0.150. The van der Waals surface area contributed by atoms with Crippen molar-refractivity contribution in [3.8, 4) is 6.07 Å². The number of nitrogens with zero attached hydrogens (tertiary/aromatic N) is 1. The Hall–Kier alpha value is -2.61. The molecule has 0 fully saturated rings. The van der Waals surface area contributed by atoms with Crippen molar-refractivity contribution in [1.29, 1.82) is 5.26 Å². The molecule has 0 aliphatic heterocycles. The number of ketones is 1. The maximum absolute atomic E-state index is 12.0. The van der Waals surface area contributed by atoms with Gasteiger partial charge in [-0.15, -0.1) is 0 Å². The number of hydrogen-bond acceptors (Lipinski definition) is 5. The lowest BCUT2D eigenvalue weighted by Crippen LogP contribution is -2.34. The number of ether oxygens (including phenoxy) is 1. The zero-order chi connectivity index (χ0) is 15.4. The number of allylic oxidation sites excluding steroid dienone is 2. The molecule has 0 aromatic heterocycles. The van der Waals surface area contributed by atoms with E-state index < -0.39 is 11.9 Å². The molecule has 108 valence electrons. The van der Waals surface area contributed by atoms with Gasteiger partial charge < -0.3 is 10.1 Å². The maximum atomic E-state index is 12.0. The number of carbonyl (C=O) groups is 2. The predicted molar refractivity (Wildman–Crippen MR) is 77.2 cm³/mol. The van der Waals surface area contributed by atoms with Gasteiger partial charge in [-0.25, -0.2) is 0 Å². The van der Waals surface area contributed by atoms with Gasteiger partial charge in [0.15, 0.2) is 5.78 Å². The first kappa shape index (κ1) is 14.8. The lowest BCUT2D eigenvalue weighted by atomic mass is 9.82. The van der Waals surface area contributed by atoms with E-state index in [4.69, 9.17) is 5.26 Å². The Kier molecular flexibility index (Phi) is 4.39. The third kappa shape index (κ3) is 3.29. The standard InChI is InChI=1S/C16H16N2O3/c1-10-7-13(8-14(19)15(10)16(20)21-2)18-12-5-3-11(9-17)4-6-12/h3-6,8,10,15,18H,7H2,1-2H3. The number of anilines is 1. The number of hydrogen-bond donors (Lipinski definition) is 1. The Morgan fingerprint density at radius 3 is 2.57 bits per heavy atom. The number of carbonyl (C=O) groups excluding carboxylic acids is 2. The highest BCUT2D eigenvalue weighted by molar-refractivity contribution is 6.06. The molecular weight excluding hydrogens is 268 g/mol. The van der Waals surface area contributed by atoms with Crippen LogP contribution in [0.1, 0.15) is 18.9 Å². The van der Waals surface area contributed by atoms with Gasteiger partial charge in [0.1, 0.15) is 5.92 Å². The van der Waals surface area contributed by atoms with E-state index in [0.717, 1.165) is 11.4 Å². The molecule has 21 heavy (non-hydrogen) atoms. The van der Waals surface area contributed by atoms with E-state index in [1.54, 1.807) is 24.3 Å². The lowest BCUT2D eigenvalue weighted by Gasteiger charge is -2.26. The topological polar surface area (TPSA) is 79.2 Å². The number of benzene rings is 1. The van der Waals surface area contributed by atoms with Crippen molar-refractivity contribution in [3.05, 3.63) is 41.6 Å². The summed E-state index contributed by atoms with van der Waals surface area (Å²) in [7, 11) is 1.29. The van der Waals surface area contributed by atoms with E-state index in [0.29, 0.717) is 12.0 Å². The molecule has 0 saturated carbocycles. The summed E-state index contributed by atoms with van der Waals surface area (Å²) >= 11 is 0. The Morgan fingerprint density at radius 1 is 1.38 bits per heavy atom. The van der Waals surface area contributed by atoms with Crippen molar-refractivity contribution in [2.24, 2.45) is 11.8 Å². The van der Waals surface area contributed by atoms with E-state index in [-0.39, 0.29) is 11.7 Å². The van der Waals surface area contributed by atoms with Crippen LogP contribution >= 0.6 is 0 Å². The fraction of sp³-hybridized carbons (Fsp3) is 0.312. The van der Waals surface area contributed by atoms with Crippen LogP contribution in [0.2, 0.25) is 0 Å². The van der Waals surface area contributed by atoms with Crippen LogP contribution in [-0.4, -0.2) is 18.9 Å². The highest BCUT2D eigenvalue weighted by Crippen LogP contribution is 2.28. The van der Waals surface area contributed by atoms with Gasteiger partial charge in [-0.3, -0.25) is 9.59 Å². The monoisotopic (exact) mass is 284 g/mol. The average Bonchev–Trinajstić information content (AvgIpc) is 2.47. The van der Waals surface area contributed by atoms with Crippen molar-refractivity contribution in [2.45, 2.75) is 13.3 Å². The molecule has 0 heterocycles.